The van der Waals surface area contributed by atoms with Crippen LogP contribution in [-0.2, 0) is 12.8 Å². The summed E-state index contributed by atoms with van der Waals surface area (Å²) in [6, 6.07) is 10.8. The molecule has 0 aliphatic carbocycles. The van der Waals surface area contributed by atoms with Gasteiger partial charge in [-0.2, -0.15) is 0 Å². The van der Waals surface area contributed by atoms with E-state index in [0.29, 0.717) is 5.92 Å². The molecule has 0 bridgehead atoms. The molecule has 0 spiro atoms. The van der Waals surface area contributed by atoms with E-state index in [4.69, 9.17) is 0 Å². The number of likely N-dealkylation sites (tertiary alicyclic amines) is 1. The van der Waals surface area contributed by atoms with E-state index >= 15 is 0 Å². The summed E-state index contributed by atoms with van der Waals surface area (Å²) >= 11 is 3.54. The minimum absolute atomic E-state index is 0.308. The maximum atomic E-state index is 10.9. The summed E-state index contributed by atoms with van der Waals surface area (Å²) in [5, 5.41) is 10.9. The molecule has 0 saturated carbocycles. The highest BCUT2D eigenvalue weighted by molar-refractivity contribution is 9.10. The van der Waals surface area contributed by atoms with Gasteiger partial charge in [0.05, 0.1) is 11.8 Å². The Balaban J connectivity index is 0.00000126. The van der Waals surface area contributed by atoms with Gasteiger partial charge in [0, 0.05) is 10.7 Å². The molecule has 4 heteroatoms. The molecule has 1 N–H and O–H groups in total. The normalized spacial score (nSPS) is 16.5. The van der Waals surface area contributed by atoms with Crippen molar-refractivity contribution < 1.29 is 5.11 Å². The third-order valence-corrected chi connectivity index (χ3v) is 5.66. The Labute approximate surface area is 173 Å². The van der Waals surface area contributed by atoms with Crippen molar-refractivity contribution in [3.63, 3.8) is 0 Å². The second-order valence-electron chi connectivity index (χ2n) is 7.27. The topological polar surface area (TPSA) is 36.4 Å². The maximum absolute atomic E-state index is 10.9. The number of nitrogens with zero attached hydrogens (tertiary/aromatic N) is 2. The number of hydrogen-bond donors (Lipinski definition) is 1. The van der Waals surface area contributed by atoms with Crippen molar-refractivity contribution in [3.05, 3.63) is 63.4 Å². The van der Waals surface area contributed by atoms with Crippen LogP contribution in [0, 0.1) is 12.8 Å². The molecule has 1 aliphatic rings. The van der Waals surface area contributed by atoms with Crippen molar-refractivity contribution in [1.82, 2.24) is 9.88 Å². The zero-order chi connectivity index (χ0) is 19.8. The number of hydrogen-bond acceptors (Lipinski definition) is 3. The monoisotopic (exact) mass is 432 g/mol. The van der Waals surface area contributed by atoms with Crippen LogP contribution in [0.15, 0.2) is 41.0 Å². The van der Waals surface area contributed by atoms with E-state index in [1.54, 1.807) is 0 Å². The van der Waals surface area contributed by atoms with Crippen LogP contribution in [0.2, 0.25) is 0 Å². The molecule has 0 amide bonds. The SMILES string of the molecule is CC.Cc1cccc(CCc2cc(Br)cnc2C(O)C2CCN(C)CC2)c1. The van der Waals surface area contributed by atoms with Gasteiger partial charge in [-0.1, -0.05) is 43.7 Å². The average molecular weight is 433 g/mol. The Bertz CT molecular complexity index is 711. The van der Waals surface area contributed by atoms with E-state index in [-0.39, 0.29) is 0 Å². The van der Waals surface area contributed by atoms with E-state index in [2.05, 4.69) is 70.1 Å². The van der Waals surface area contributed by atoms with E-state index in [1.165, 1.54) is 11.1 Å². The van der Waals surface area contributed by atoms with Gasteiger partial charge < -0.3 is 10.0 Å². The summed E-state index contributed by atoms with van der Waals surface area (Å²) in [4.78, 5) is 6.92. The number of piperidine rings is 1. The predicted octanol–water partition coefficient (Wildman–Crippen LogP) is 5.34. The van der Waals surface area contributed by atoms with Crippen LogP contribution in [0.4, 0.5) is 0 Å². The number of aryl methyl sites for hydroxylation is 3. The molecular formula is C23H33BrN2O. The Morgan fingerprint density at radius 1 is 1.19 bits per heavy atom. The lowest BCUT2D eigenvalue weighted by molar-refractivity contribution is 0.0619. The van der Waals surface area contributed by atoms with Gasteiger partial charge in [0.1, 0.15) is 0 Å². The van der Waals surface area contributed by atoms with E-state index < -0.39 is 6.10 Å². The molecule has 0 radical (unpaired) electrons. The van der Waals surface area contributed by atoms with E-state index in [1.807, 2.05) is 20.0 Å². The van der Waals surface area contributed by atoms with Gasteiger partial charge >= 0.3 is 0 Å². The highest BCUT2D eigenvalue weighted by Crippen LogP contribution is 2.32. The fourth-order valence-electron chi connectivity index (χ4n) is 3.67. The summed E-state index contributed by atoms with van der Waals surface area (Å²) in [6.45, 7) is 8.23. The van der Waals surface area contributed by atoms with Gasteiger partial charge in [0.2, 0.25) is 0 Å². The summed E-state index contributed by atoms with van der Waals surface area (Å²) in [5.74, 6) is 0.308. The lowest BCUT2D eigenvalue weighted by Gasteiger charge is -2.32. The molecular weight excluding hydrogens is 400 g/mol. The third-order valence-electron chi connectivity index (χ3n) is 5.22. The number of pyridine rings is 1. The fraction of sp³-hybridized carbons (Fsp3) is 0.522. The molecule has 1 aliphatic heterocycles. The van der Waals surface area contributed by atoms with Gasteiger partial charge in [0.25, 0.3) is 0 Å². The second-order valence-corrected chi connectivity index (χ2v) is 8.19. The van der Waals surface area contributed by atoms with Crippen molar-refractivity contribution in [2.75, 3.05) is 20.1 Å². The Kier molecular flexibility index (Phi) is 8.94. The number of aromatic nitrogens is 1. The van der Waals surface area contributed by atoms with E-state index in [0.717, 1.165) is 54.5 Å². The standard InChI is InChI=1S/C21H27BrN2O.C2H6/c1-15-4-3-5-16(12-15)6-7-18-13-19(22)14-23-20(18)21(25)17-8-10-24(2)11-9-17;1-2/h3-5,12-14,17,21,25H,6-11H2,1-2H3;1-2H3. The average Bonchev–Trinajstić information content (AvgIpc) is 2.68. The van der Waals surface area contributed by atoms with Crippen LogP contribution in [0.3, 0.4) is 0 Å². The summed E-state index contributed by atoms with van der Waals surface area (Å²) in [6.07, 6.45) is 5.28. The number of benzene rings is 1. The minimum Gasteiger partial charge on any atom is -0.387 e. The molecule has 1 unspecified atom stereocenters. The van der Waals surface area contributed by atoms with Crippen LogP contribution < -0.4 is 0 Å². The maximum Gasteiger partial charge on any atom is 0.0991 e. The molecule has 2 heterocycles. The molecule has 1 aromatic carbocycles. The predicted molar refractivity (Wildman–Crippen MR) is 117 cm³/mol. The van der Waals surface area contributed by atoms with Crippen molar-refractivity contribution in [2.45, 2.75) is 52.6 Å². The first-order chi connectivity index (χ1) is 13.0. The van der Waals surface area contributed by atoms with Gasteiger partial charge in [-0.15, -0.1) is 0 Å². The first-order valence-electron chi connectivity index (χ1n) is 10.1. The van der Waals surface area contributed by atoms with Crippen LogP contribution >= 0.6 is 15.9 Å². The van der Waals surface area contributed by atoms with Crippen LogP contribution in [0.25, 0.3) is 0 Å². The number of aliphatic hydroxyl groups excluding tert-OH is 1. The van der Waals surface area contributed by atoms with Crippen molar-refractivity contribution in [2.24, 2.45) is 5.92 Å². The highest BCUT2D eigenvalue weighted by atomic mass is 79.9. The second kappa shape index (κ2) is 10.9. The highest BCUT2D eigenvalue weighted by Gasteiger charge is 2.27. The van der Waals surface area contributed by atoms with Crippen molar-refractivity contribution in [3.8, 4) is 0 Å². The Hall–Kier alpha value is -1.23. The first-order valence-corrected chi connectivity index (χ1v) is 10.9. The van der Waals surface area contributed by atoms with Crippen LogP contribution in [-0.4, -0.2) is 35.1 Å². The van der Waals surface area contributed by atoms with Gasteiger partial charge in [0.15, 0.2) is 0 Å². The van der Waals surface area contributed by atoms with E-state index in [9.17, 15) is 5.11 Å². The molecule has 1 fully saturated rings. The third kappa shape index (κ3) is 6.41. The molecule has 148 valence electrons. The molecule has 1 saturated heterocycles. The fourth-order valence-corrected chi connectivity index (χ4v) is 4.05. The van der Waals surface area contributed by atoms with Crippen LogP contribution in [0.1, 0.15) is 55.2 Å². The smallest absolute Gasteiger partial charge is 0.0991 e. The molecule has 27 heavy (non-hydrogen) atoms. The molecule has 1 atom stereocenters. The minimum atomic E-state index is -0.464. The zero-order valence-corrected chi connectivity index (χ0v) is 18.7. The van der Waals surface area contributed by atoms with Gasteiger partial charge in [-0.05, 0) is 91.8 Å². The Morgan fingerprint density at radius 3 is 2.56 bits per heavy atom. The van der Waals surface area contributed by atoms with Crippen molar-refractivity contribution in [1.29, 1.82) is 0 Å². The summed E-state index contributed by atoms with van der Waals surface area (Å²) < 4.78 is 0.978. The molecule has 3 rings (SSSR count). The number of aliphatic hydroxyl groups is 1. The van der Waals surface area contributed by atoms with Crippen molar-refractivity contribution >= 4 is 15.9 Å². The quantitative estimate of drug-likeness (QED) is 0.692. The summed E-state index contributed by atoms with van der Waals surface area (Å²) in [5.41, 5.74) is 4.64. The largest absolute Gasteiger partial charge is 0.387 e. The lowest BCUT2D eigenvalue weighted by atomic mass is 9.87. The lowest BCUT2D eigenvalue weighted by Crippen LogP contribution is -2.33. The molecule has 1 aromatic heterocycles. The summed E-state index contributed by atoms with van der Waals surface area (Å²) in [7, 11) is 2.15. The number of rotatable bonds is 5. The van der Waals surface area contributed by atoms with Gasteiger partial charge in [-0.3, -0.25) is 4.98 Å². The van der Waals surface area contributed by atoms with Crippen LogP contribution in [0.5, 0.6) is 0 Å². The first kappa shape index (κ1) is 22.1. The molecule has 3 nitrogen and oxygen atoms in total. The zero-order valence-electron chi connectivity index (χ0n) is 17.1. The number of halogens is 1. The Morgan fingerprint density at radius 2 is 1.89 bits per heavy atom. The van der Waals surface area contributed by atoms with Gasteiger partial charge in [-0.25, -0.2) is 0 Å². The molecule has 2 aromatic rings.